The minimum atomic E-state index is -2.20. The number of ether oxygens (including phenoxy) is 1. The van der Waals surface area contributed by atoms with Crippen molar-refractivity contribution in [2.45, 2.75) is 161 Å². The summed E-state index contributed by atoms with van der Waals surface area (Å²) in [6.45, 7) is 39.8. The lowest BCUT2D eigenvalue weighted by Crippen LogP contribution is -2.72. The van der Waals surface area contributed by atoms with Crippen LogP contribution in [0, 0.1) is 0 Å². The number of carbonyl (C=O) groups is 1. The second-order valence-corrected chi connectivity index (χ2v) is 46.4. The molecule has 1 aromatic heterocycles. The van der Waals surface area contributed by atoms with Gasteiger partial charge in [-0.3, -0.25) is 4.79 Å². The second-order valence-electron chi connectivity index (χ2n) is 19.3. The molecule has 0 bridgehead atoms. The Hall–Kier alpha value is -0.669. The first-order chi connectivity index (χ1) is 21.4. The van der Waals surface area contributed by atoms with Crippen molar-refractivity contribution in [3.8, 4) is 0 Å². The van der Waals surface area contributed by atoms with E-state index in [1.54, 1.807) is 0 Å². The number of benzene rings is 1. The number of hydrogen-bond donors (Lipinski definition) is 0. The van der Waals surface area contributed by atoms with E-state index in [9.17, 15) is 4.79 Å². The van der Waals surface area contributed by atoms with Crippen LogP contribution >= 0.6 is 0 Å². The van der Waals surface area contributed by atoms with Crippen molar-refractivity contribution in [1.29, 1.82) is 0 Å². The highest BCUT2D eigenvalue weighted by Gasteiger charge is 2.59. The van der Waals surface area contributed by atoms with Gasteiger partial charge in [-0.2, -0.15) is 0 Å². The van der Waals surface area contributed by atoms with Crippen LogP contribution in [0.5, 0.6) is 0 Å². The average Bonchev–Trinajstić information content (AvgIpc) is 3.21. The first-order valence-electron chi connectivity index (χ1n) is 17.6. The molecule has 1 fully saturated rings. The lowest BCUT2D eigenvalue weighted by Gasteiger charge is -2.55. The fourth-order valence-corrected chi connectivity index (χ4v) is 13.1. The van der Waals surface area contributed by atoms with Gasteiger partial charge >= 0.3 is 5.97 Å². The molecule has 1 heterocycles. The molecule has 1 aliphatic rings. The maximum Gasteiger partial charge on any atom is 0.310 e. The van der Waals surface area contributed by atoms with Crippen molar-refractivity contribution in [3.05, 3.63) is 36.0 Å². The smallest absolute Gasteiger partial charge is 0.310 e. The van der Waals surface area contributed by atoms with Crippen molar-refractivity contribution >= 4 is 66.7 Å². The largest absolute Gasteiger partial charge is 0.456 e. The maximum absolute atomic E-state index is 14.3. The Balaban J connectivity index is 2.23. The van der Waals surface area contributed by atoms with Crippen molar-refractivity contribution in [1.82, 2.24) is 4.23 Å². The molecule has 0 spiro atoms. The van der Waals surface area contributed by atoms with Gasteiger partial charge in [-0.05, 0) is 116 Å². The van der Waals surface area contributed by atoms with Crippen LogP contribution in [-0.2, 0) is 38.1 Å². The molecule has 0 saturated heterocycles. The van der Waals surface area contributed by atoms with Crippen LogP contribution < -0.4 is 0 Å². The summed E-state index contributed by atoms with van der Waals surface area (Å²) in [5.74, 6) is -0.296. The number of aromatic nitrogens is 1. The number of esters is 1. The minimum absolute atomic E-state index is 0.155. The van der Waals surface area contributed by atoms with E-state index in [2.05, 4.69) is 146 Å². The summed E-state index contributed by atoms with van der Waals surface area (Å²) < 4.78 is 44.5. The SMILES string of the molecule is C[Si](C)(C)OC1[C@@H](O[Si](C)(C)C)[C@@H](O[Si](C)(C)C)C(OC(=O)Cc2cn([Si](C)(C)C)c3ccccc23)[C@H](O[Si](C)(C)C)[C@H]1O[Si](C)(C)C. The van der Waals surface area contributed by atoms with Crippen LogP contribution in [0.15, 0.2) is 30.5 Å². The van der Waals surface area contributed by atoms with Gasteiger partial charge in [-0.15, -0.1) is 0 Å². The van der Waals surface area contributed by atoms with E-state index in [-0.39, 0.29) is 12.4 Å². The van der Waals surface area contributed by atoms with Crippen molar-refractivity contribution in [2.75, 3.05) is 0 Å². The molecule has 0 aliphatic heterocycles. The first-order valence-corrected chi connectivity index (χ1v) is 38.1. The molecule has 2 unspecified atom stereocenters. The summed E-state index contributed by atoms with van der Waals surface area (Å²) >= 11 is 0. The number of fused-ring (bicyclic) bond motifs is 1. The van der Waals surface area contributed by atoms with E-state index < -0.39 is 86.4 Å². The van der Waals surface area contributed by atoms with E-state index in [0.717, 1.165) is 16.5 Å². The normalized spacial score (nSPS) is 25.0. The number of rotatable bonds is 14. The Morgan fingerprint density at radius 2 is 0.875 bits per heavy atom. The zero-order chi connectivity index (χ0) is 36.8. The number of para-hydroxylation sites is 1. The van der Waals surface area contributed by atoms with Crippen molar-refractivity contribution in [3.63, 3.8) is 0 Å². The third-order valence-electron chi connectivity index (χ3n) is 7.51. The third-order valence-corrected chi connectivity index (χ3v) is 14.2. The molecule has 48 heavy (non-hydrogen) atoms. The van der Waals surface area contributed by atoms with E-state index in [1.165, 1.54) is 0 Å². The van der Waals surface area contributed by atoms with Crippen LogP contribution in [0.4, 0.5) is 0 Å². The quantitative estimate of drug-likeness (QED) is 0.140. The van der Waals surface area contributed by atoms with Crippen molar-refractivity contribution in [2.24, 2.45) is 0 Å². The molecule has 1 aromatic carbocycles. The van der Waals surface area contributed by atoms with E-state index in [1.807, 2.05) is 6.07 Å². The Kier molecular flexibility index (Phi) is 12.8. The van der Waals surface area contributed by atoms with Gasteiger partial charge in [-0.1, -0.05) is 37.8 Å². The van der Waals surface area contributed by atoms with Crippen LogP contribution in [0.25, 0.3) is 10.9 Å². The molecule has 8 nitrogen and oxygen atoms in total. The maximum atomic E-state index is 14.3. The molecule has 0 amide bonds. The zero-order valence-electron chi connectivity index (χ0n) is 33.4. The number of nitrogens with zero attached hydrogens (tertiary/aromatic N) is 1. The predicted octanol–water partition coefficient (Wildman–Crippen LogP) is 8.89. The van der Waals surface area contributed by atoms with Gasteiger partial charge in [0, 0.05) is 10.9 Å². The molecule has 2 aromatic rings. The zero-order valence-corrected chi connectivity index (χ0v) is 39.4. The Morgan fingerprint density at radius 1 is 0.542 bits per heavy atom. The molecule has 0 N–H and O–H groups in total. The Labute approximate surface area is 298 Å². The summed E-state index contributed by atoms with van der Waals surface area (Å²) in [6.07, 6.45) is -0.944. The Bertz CT molecular complexity index is 1350. The molecule has 0 radical (unpaired) electrons. The second kappa shape index (κ2) is 14.8. The van der Waals surface area contributed by atoms with E-state index >= 15 is 0 Å². The molecule has 1 saturated carbocycles. The van der Waals surface area contributed by atoms with Gasteiger partial charge in [0.2, 0.25) is 0 Å². The van der Waals surface area contributed by atoms with Crippen molar-refractivity contribution < 1.29 is 31.7 Å². The number of hydrogen-bond acceptors (Lipinski definition) is 7. The Morgan fingerprint density at radius 3 is 1.21 bits per heavy atom. The molecule has 3 rings (SSSR count). The van der Waals surface area contributed by atoms with Gasteiger partial charge < -0.3 is 31.1 Å². The topological polar surface area (TPSA) is 77.4 Å². The highest BCUT2D eigenvalue weighted by Crippen LogP contribution is 2.40. The summed E-state index contributed by atoms with van der Waals surface area (Å²) in [7, 11) is -12.6. The van der Waals surface area contributed by atoms with Crippen LogP contribution in [0.3, 0.4) is 0 Å². The van der Waals surface area contributed by atoms with Crippen LogP contribution in [0.2, 0.25) is 118 Å². The lowest BCUT2D eigenvalue weighted by molar-refractivity contribution is -0.215. The highest BCUT2D eigenvalue weighted by molar-refractivity contribution is 6.75. The monoisotopic (exact) mass is 769 g/mol. The molecular formula is C34H67NO7Si6. The molecule has 6 atom stereocenters. The molecule has 274 valence electrons. The fraction of sp³-hybridized carbons (Fsp3) is 0.735. The average molecular weight is 770 g/mol. The van der Waals surface area contributed by atoms with E-state index in [0.29, 0.717) is 0 Å². The summed E-state index contributed by atoms with van der Waals surface area (Å²) in [5, 5.41) is 1.09. The molecular weight excluding hydrogens is 703 g/mol. The van der Waals surface area contributed by atoms with Gasteiger partial charge in [0.05, 0.1) is 6.42 Å². The lowest BCUT2D eigenvalue weighted by atomic mass is 9.84. The molecule has 14 heteroatoms. The summed E-state index contributed by atoms with van der Waals surface area (Å²) in [6, 6.07) is 8.36. The standard InChI is InChI=1S/C34H67NO7Si6/c1-43(2,3)35-24-25(26-21-19-20-22-27(26)35)23-28(36)37-29-30(38-44(4,5)6)32(40-46(10,11)12)34(42-48(16,17)18)33(41-47(13,14)15)31(29)39-45(7,8)9/h19-22,24,29-34H,23H2,1-18H3/t29?,30-,31-,32-,33+,34?/m0/s1. The van der Waals surface area contributed by atoms with Gasteiger partial charge in [0.1, 0.15) is 30.5 Å². The van der Waals surface area contributed by atoms with Crippen LogP contribution in [0.1, 0.15) is 5.56 Å². The van der Waals surface area contributed by atoms with Crippen LogP contribution in [-0.4, -0.2) is 96.6 Å². The van der Waals surface area contributed by atoms with Gasteiger partial charge in [0.15, 0.2) is 55.9 Å². The highest BCUT2D eigenvalue weighted by atomic mass is 28.4. The molecule has 1 aliphatic carbocycles. The number of carbonyl (C=O) groups excluding carboxylic acids is 1. The summed E-state index contributed by atoms with van der Waals surface area (Å²) in [5.41, 5.74) is 2.14. The fourth-order valence-electron chi connectivity index (χ4n) is 6.26. The summed E-state index contributed by atoms with van der Waals surface area (Å²) in [4.78, 5) is 14.3. The minimum Gasteiger partial charge on any atom is -0.456 e. The van der Waals surface area contributed by atoms with Gasteiger partial charge in [0.25, 0.3) is 0 Å². The first kappa shape index (κ1) is 41.7. The predicted molar refractivity (Wildman–Crippen MR) is 215 cm³/mol. The van der Waals surface area contributed by atoms with E-state index in [4.69, 9.17) is 26.9 Å². The third kappa shape index (κ3) is 12.2. The van der Waals surface area contributed by atoms with Gasteiger partial charge in [-0.25, -0.2) is 0 Å².